The molecule has 1 saturated heterocycles. The molecule has 5 nitrogen and oxygen atoms in total. The fourth-order valence-electron chi connectivity index (χ4n) is 4.03. The summed E-state index contributed by atoms with van der Waals surface area (Å²) in [5, 5.41) is 9.42. The van der Waals surface area contributed by atoms with E-state index in [0.29, 0.717) is 19.3 Å². The SMILES string of the molecule is CC1(COC(=O)C2CC3CCC2C3)OCOC(O)(C(F)(F)F)C1(F)F.C[Si](C)(C)C. The van der Waals surface area contributed by atoms with E-state index < -0.39 is 56.8 Å². The molecule has 5 unspecified atom stereocenters. The first kappa shape index (κ1) is 25.5. The minimum atomic E-state index is -5.75. The van der Waals surface area contributed by atoms with Crippen LogP contribution in [0.15, 0.2) is 0 Å². The Morgan fingerprint density at radius 3 is 2.13 bits per heavy atom. The maximum absolute atomic E-state index is 14.4. The summed E-state index contributed by atoms with van der Waals surface area (Å²) in [6.07, 6.45) is -2.39. The van der Waals surface area contributed by atoms with Crippen LogP contribution in [0.4, 0.5) is 22.0 Å². The minimum absolute atomic E-state index is 0.133. The normalized spacial score (nSPS) is 38.0. The van der Waals surface area contributed by atoms with Gasteiger partial charge in [0.05, 0.1) is 5.92 Å². The molecule has 0 spiro atoms. The lowest BCUT2D eigenvalue weighted by Gasteiger charge is -2.48. The highest BCUT2D eigenvalue weighted by Gasteiger charge is 2.79. The van der Waals surface area contributed by atoms with E-state index in [1.807, 2.05) is 0 Å². The smallest absolute Gasteiger partial charge is 0.449 e. The zero-order valence-corrected chi connectivity index (χ0v) is 18.9. The monoisotopic (exact) mass is 462 g/mol. The summed E-state index contributed by atoms with van der Waals surface area (Å²) in [6, 6.07) is 0. The molecule has 30 heavy (non-hydrogen) atoms. The molecule has 1 heterocycles. The number of esters is 1. The van der Waals surface area contributed by atoms with Crippen molar-refractivity contribution in [3.63, 3.8) is 0 Å². The summed E-state index contributed by atoms with van der Waals surface area (Å²) in [6.45, 7) is 7.63. The molecule has 3 rings (SSSR count). The summed E-state index contributed by atoms with van der Waals surface area (Å²) in [7, 11) is -0.611. The van der Waals surface area contributed by atoms with E-state index >= 15 is 0 Å². The number of hydrogen-bond acceptors (Lipinski definition) is 5. The largest absolute Gasteiger partial charge is 0.462 e. The van der Waals surface area contributed by atoms with Crippen molar-refractivity contribution in [3.05, 3.63) is 0 Å². The molecule has 0 aromatic carbocycles. The van der Waals surface area contributed by atoms with E-state index in [0.717, 1.165) is 19.3 Å². The van der Waals surface area contributed by atoms with Crippen LogP contribution in [0.3, 0.4) is 0 Å². The fraction of sp³-hybridized carbons (Fsp3) is 0.947. The number of ether oxygens (including phenoxy) is 3. The average Bonchev–Trinajstić information content (AvgIpc) is 3.19. The molecule has 0 aromatic rings. The number of aliphatic hydroxyl groups is 1. The molecule has 5 atom stereocenters. The highest BCUT2D eigenvalue weighted by Crippen LogP contribution is 2.52. The van der Waals surface area contributed by atoms with Gasteiger partial charge in [0, 0.05) is 8.07 Å². The molecule has 2 aliphatic carbocycles. The van der Waals surface area contributed by atoms with Gasteiger partial charge in [-0.1, -0.05) is 32.6 Å². The summed E-state index contributed by atoms with van der Waals surface area (Å²) in [5.41, 5.74) is -2.87. The second-order valence-corrected chi connectivity index (χ2v) is 16.2. The molecule has 3 aliphatic rings. The number of alkyl halides is 5. The van der Waals surface area contributed by atoms with Crippen molar-refractivity contribution in [2.45, 2.75) is 82.3 Å². The molecule has 2 saturated carbocycles. The van der Waals surface area contributed by atoms with E-state index in [9.17, 15) is 31.9 Å². The number of carbonyl (C=O) groups excluding carboxylic acids is 1. The summed E-state index contributed by atoms with van der Waals surface area (Å²) < 4.78 is 80.7. The Labute approximate surface area is 174 Å². The summed E-state index contributed by atoms with van der Waals surface area (Å²) >= 11 is 0. The van der Waals surface area contributed by atoms with E-state index in [2.05, 4.69) is 35.7 Å². The van der Waals surface area contributed by atoms with Gasteiger partial charge < -0.3 is 19.3 Å². The zero-order chi connectivity index (χ0) is 23.2. The predicted octanol–water partition coefficient (Wildman–Crippen LogP) is 4.57. The molecule has 0 amide bonds. The van der Waals surface area contributed by atoms with Crippen molar-refractivity contribution >= 4 is 14.0 Å². The van der Waals surface area contributed by atoms with Gasteiger partial charge in [-0.05, 0) is 38.0 Å². The highest BCUT2D eigenvalue weighted by atomic mass is 28.3. The van der Waals surface area contributed by atoms with Gasteiger partial charge in [0.1, 0.15) is 6.61 Å². The predicted molar refractivity (Wildman–Crippen MR) is 101 cm³/mol. The van der Waals surface area contributed by atoms with Crippen molar-refractivity contribution in [3.8, 4) is 0 Å². The average molecular weight is 463 g/mol. The van der Waals surface area contributed by atoms with E-state index in [4.69, 9.17) is 4.74 Å². The van der Waals surface area contributed by atoms with Crippen molar-refractivity contribution in [1.82, 2.24) is 0 Å². The standard InChI is InChI=1S/C15H19F5O5.C4H12Si/c1-12(6-23-11(21)10-5-8-2-3-9(10)4-8)13(16,17)14(22,15(18,19)20)25-7-24-12;1-5(2,3)4/h8-10,22H,2-7H2,1H3;1-4H3. The number of carbonyl (C=O) groups is 1. The second kappa shape index (κ2) is 8.29. The Hall–Kier alpha value is -0.783. The topological polar surface area (TPSA) is 65.0 Å². The second-order valence-electron chi connectivity index (χ2n) is 10.2. The molecule has 0 radical (unpaired) electrons. The van der Waals surface area contributed by atoms with Gasteiger partial charge in [0.2, 0.25) is 0 Å². The van der Waals surface area contributed by atoms with Gasteiger partial charge in [0.15, 0.2) is 12.4 Å². The molecule has 1 N–H and O–H groups in total. The third-order valence-electron chi connectivity index (χ3n) is 5.65. The molecular weight excluding hydrogens is 431 g/mol. The van der Waals surface area contributed by atoms with Crippen LogP contribution < -0.4 is 0 Å². The summed E-state index contributed by atoms with van der Waals surface area (Å²) in [5.74, 6) is -10.2. The summed E-state index contributed by atoms with van der Waals surface area (Å²) in [4.78, 5) is 12.2. The molecule has 2 bridgehead atoms. The van der Waals surface area contributed by atoms with E-state index in [1.54, 1.807) is 0 Å². The van der Waals surface area contributed by atoms with Crippen LogP contribution in [0, 0.1) is 17.8 Å². The maximum atomic E-state index is 14.4. The number of hydrogen-bond donors (Lipinski definition) is 1. The molecule has 3 fully saturated rings. The lowest BCUT2D eigenvalue weighted by atomic mass is 9.88. The Morgan fingerprint density at radius 1 is 1.13 bits per heavy atom. The number of fused-ring (bicyclic) bond motifs is 2. The molecular formula is C19H31F5O5Si. The van der Waals surface area contributed by atoms with Gasteiger partial charge in [-0.15, -0.1) is 0 Å². The van der Waals surface area contributed by atoms with Gasteiger partial charge >= 0.3 is 23.9 Å². The Balaban J connectivity index is 0.000000575. The third-order valence-corrected chi connectivity index (χ3v) is 5.65. The lowest BCUT2D eigenvalue weighted by molar-refractivity contribution is -0.501. The van der Waals surface area contributed by atoms with Crippen molar-refractivity contribution in [2.75, 3.05) is 13.4 Å². The van der Waals surface area contributed by atoms with Crippen LogP contribution in [-0.2, 0) is 19.0 Å². The van der Waals surface area contributed by atoms with Gasteiger partial charge in [-0.2, -0.15) is 22.0 Å². The molecule has 11 heteroatoms. The number of halogens is 5. The van der Waals surface area contributed by atoms with E-state index in [-0.39, 0.29) is 5.92 Å². The molecule has 176 valence electrons. The molecule has 1 aliphatic heterocycles. The van der Waals surface area contributed by atoms with E-state index in [1.165, 1.54) is 0 Å². The van der Waals surface area contributed by atoms with Crippen LogP contribution in [0.2, 0.25) is 26.2 Å². The Kier molecular flexibility index (Phi) is 7.04. The Morgan fingerprint density at radius 2 is 1.70 bits per heavy atom. The van der Waals surface area contributed by atoms with Gasteiger partial charge in [-0.25, -0.2) is 0 Å². The minimum Gasteiger partial charge on any atom is -0.462 e. The van der Waals surface area contributed by atoms with Crippen LogP contribution in [0.25, 0.3) is 0 Å². The quantitative estimate of drug-likeness (QED) is 0.378. The van der Waals surface area contributed by atoms with Gasteiger partial charge in [0.25, 0.3) is 0 Å². The maximum Gasteiger partial charge on any atom is 0.449 e. The van der Waals surface area contributed by atoms with Crippen molar-refractivity contribution in [1.29, 1.82) is 0 Å². The zero-order valence-electron chi connectivity index (χ0n) is 17.9. The fourth-order valence-corrected chi connectivity index (χ4v) is 4.03. The molecule has 0 aromatic heterocycles. The van der Waals surface area contributed by atoms with Crippen LogP contribution in [-0.4, -0.2) is 56.0 Å². The Bertz CT molecular complexity index is 632. The number of rotatable bonds is 3. The van der Waals surface area contributed by atoms with Crippen molar-refractivity contribution in [2.24, 2.45) is 17.8 Å². The van der Waals surface area contributed by atoms with Crippen LogP contribution in [0.5, 0.6) is 0 Å². The third kappa shape index (κ3) is 4.99. The van der Waals surface area contributed by atoms with Gasteiger partial charge in [-0.3, -0.25) is 4.79 Å². The van der Waals surface area contributed by atoms with Crippen LogP contribution >= 0.6 is 0 Å². The lowest BCUT2D eigenvalue weighted by Crippen LogP contribution is -2.74. The van der Waals surface area contributed by atoms with Crippen molar-refractivity contribution < 1.29 is 46.1 Å². The first-order valence-electron chi connectivity index (χ1n) is 10.0. The first-order chi connectivity index (χ1) is 13.4. The van der Waals surface area contributed by atoms with Crippen LogP contribution in [0.1, 0.15) is 32.6 Å². The highest BCUT2D eigenvalue weighted by molar-refractivity contribution is 6.74. The first-order valence-corrected chi connectivity index (χ1v) is 14.0.